The predicted octanol–water partition coefficient (Wildman–Crippen LogP) is 3.94. The minimum atomic E-state index is -0.698. The van der Waals surface area contributed by atoms with E-state index in [0.717, 1.165) is 25.2 Å². The standard InChI is InChI=1S/C19H22O2/c1-19(20,13-15-7-3-2-4-8-15)14-16-11-12-21-18-10-6-5-9-17(16)18/h2-10,16,20H,11-14H2,1H3. The molecule has 2 heteroatoms. The number of ether oxygens (including phenoxy) is 1. The largest absolute Gasteiger partial charge is 0.493 e. The van der Waals surface area contributed by atoms with Crippen molar-refractivity contribution in [2.75, 3.05) is 6.61 Å². The van der Waals surface area contributed by atoms with Gasteiger partial charge >= 0.3 is 0 Å². The van der Waals surface area contributed by atoms with E-state index < -0.39 is 5.60 Å². The molecule has 3 rings (SSSR count). The first kappa shape index (κ1) is 14.2. The summed E-state index contributed by atoms with van der Waals surface area (Å²) in [4.78, 5) is 0. The molecule has 2 atom stereocenters. The Morgan fingerprint density at radius 2 is 1.81 bits per heavy atom. The molecule has 0 aliphatic carbocycles. The Bertz CT molecular complexity index is 590. The number of hydrogen-bond donors (Lipinski definition) is 1. The Morgan fingerprint density at radius 3 is 2.62 bits per heavy atom. The highest BCUT2D eigenvalue weighted by molar-refractivity contribution is 5.38. The maximum atomic E-state index is 10.8. The van der Waals surface area contributed by atoms with Crippen LogP contribution < -0.4 is 4.74 Å². The highest BCUT2D eigenvalue weighted by atomic mass is 16.5. The Morgan fingerprint density at radius 1 is 1.10 bits per heavy atom. The van der Waals surface area contributed by atoms with Gasteiger partial charge in [-0.3, -0.25) is 0 Å². The number of hydrogen-bond acceptors (Lipinski definition) is 2. The van der Waals surface area contributed by atoms with Crippen LogP contribution in [0.1, 0.15) is 36.8 Å². The summed E-state index contributed by atoms with van der Waals surface area (Å²) in [5.41, 5.74) is 1.72. The first-order valence-corrected chi connectivity index (χ1v) is 7.62. The van der Waals surface area contributed by atoms with Crippen LogP contribution in [0.4, 0.5) is 0 Å². The van der Waals surface area contributed by atoms with Gasteiger partial charge in [0, 0.05) is 6.42 Å². The maximum Gasteiger partial charge on any atom is 0.122 e. The van der Waals surface area contributed by atoms with Crippen molar-refractivity contribution in [3.05, 3.63) is 65.7 Å². The molecule has 0 bridgehead atoms. The number of fused-ring (bicyclic) bond motifs is 1. The van der Waals surface area contributed by atoms with Gasteiger partial charge in [-0.2, -0.15) is 0 Å². The second kappa shape index (κ2) is 5.90. The van der Waals surface area contributed by atoms with Crippen molar-refractivity contribution in [3.63, 3.8) is 0 Å². The Hall–Kier alpha value is -1.80. The summed E-state index contributed by atoms with van der Waals surface area (Å²) in [6.07, 6.45) is 2.43. The zero-order valence-electron chi connectivity index (χ0n) is 12.5. The maximum absolute atomic E-state index is 10.8. The van der Waals surface area contributed by atoms with Gasteiger partial charge in [0.2, 0.25) is 0 Å². The van der Waals surface area contributed by atoms with E-state index in [9.17, 15) is 5.11 Å². The summed E-state index contributed by atoms with van der Waals surface area (Å²) in [6.45, 7) is 2.68. The van der Waals surface area contributed by atoms with Crippen molar-refractivity contribution < 1.29 is 9.84 Å². The summed E-state index contributed by atoms with van der Waals surface area (Å²) >= 11 is 0. The van der Waals surface area contributed by atoms with Gasteiger partial charge in [0.25, 0.3) is 0 Å². The Labute approximate surface area is 126 Å². The average Bonchev–Trinajstić information content (AvgIpc) is 2.48. The fraction of sp³-hybridized carbons (Fsp3) is 0.368. The highest BCUT2D eigenvalue weighted by Gasteiger charge is 2.30. The number of aliphatic hydroxyl groups is 1. The van der Waals surface area contributed by atoms with Crippen LogP contribution in [0.3, 0.4) is 0 Å². The van der Waals surface area contributed by atoms with Gasteiger partial charge in [0.15, 0.2) is 0 Å². The second-order valence-electron chi connectivity index (χ2n) is 6.24. The minimum absolute atomic E-state index is 0.369. The molecule has 0 aromatic heterocycles. The van der Waals surface area contributed by atoms with E-state index in [1.165, 1.54) is 11.1 Å². The van der Waals surface area contributed by atoms with Crippen molar-refractivity contribution in [1.82, 2.24) is 0 Å². The van der Waals surface area contributed by atoms with E-state index in [1.807, 2.05) is 43.3 Å². The molecular weight excluding hydrogens is 260 g/mol. The van der Waals surface area contributed by atoms with Gasteiger partial charge in [-0.05, 0) is 42.9 Å². The quantitative estimate of drug-likeness (QED) is 0.920. The van der Waals surface area contributed by atoms with E-state index in [1.54, 1.807) is 0 Å². The molecule has 0 fully saturated rings. The minimum Gasteiger partial charge on any atom is -0.493 e. The second-order valence-corrected chi connectivity index (χ2v) is 6.24. The van der Waals surface area contributed by atoms with Crippen molar-refractivity contribution in [2.45, 2.75) is 37.7 Å². The topological polar surface area (TPSA) is 29.5 Å². The normalized spacial score (nSPS) is 20.2. The van der Waals surface area contributed by atoms with Crippen LogP contribution in [0.15, 0.2) is 54.6 Å². The van der Waals surface area contributed by atoms with E-state index >= 15 is 0 Å². The lowest BCUT2D eigenvalue weighted by atomic mass is 9.81. The number of para-hydroxylation sites is 1. The van der Waals surface area contributed by atoms with Crippen LogP contribution >= 0.6 is 0 Å². The van der Waals surface area contributed by atoms with Gasteiger partial charge in [-0.1, -0.05) is 48.5 Å². The third-order valence-electron chi connectivity index (χ3n) is 4.20. The van der Waals surface area contributed by atoms with Crippen molar-refractivity contribution in [3.8, 4) is 5.75 Å². The zero-order valence-corrected chi connectivity index (χ0v) is 12.5. The molecule has 1 aliphatic rings. The van der Waals surface area contributed by atoms with Gasteiger partial charge in [0.05, 0.1) is 12.2 Å². The van der Waals surface area contributed by atoms with E-state index in [2.05, 4.69) is 18.2 Å². The molecule has 2 nitrogen and oxygen atoms in total. The lowest BCUT2D eigenvalue weighted by molar-refractivity contribution is 0.0391. The first-order chi connectivity index (χ1) is 10.1. The molecular formula is C19H22O2. The lowest BCUT2D eigenvalue weighted by Gasteiger charge is -2.32. The molecule has 1 heterocycles. The molecule has 110 valence electrons. The summed E-state index contributed by atoms with van der Waals surface area (Å²) < 4.78 is 5.70. The molecule has 1 N–H and O–H groups in total. The summed E-state index contributed by atoms with van der Waals surface area (Å²) in [5.74, 6) is 1.35. The molecule has 2 aromatic rings. The molecule has 0 spiro atoms. The molecule has 2 aromatic carbocycles. The summed E-state index contributed by atoms with van der Waals surface area (Å²) in [6, 6.07) is 18.4. The third-order valence-corrected chi connectivity index (χ3v) is 4.20. The van der Waals surface area contributed by atoms with E-state index in [-0.39, 0.29) is 0 Å². The van der Waals surface area contributed by atoms with Crippen LogP contribution in [0, 0.1) is 0 Å². The molecule has 0 radical (unpaired) electrons. The van der Waals surface area contributed by atoms with Crippen LogP contribution in [-0.2, 0) is 6.42 Å². The molecule has 0 saturated heterocycles. The molecule has 0 amide bonds. The van der Waals surface area contributed by atoms with Crippen LogP contribution in [0.25, 0.3) is 0 Å². The summed E-state index contributed by atoms with van der Waals surface area (Å²) in [7, 11) is 0. The monoisotopic (exact) mass is 282 g/mol. The van der Waals surface area contributed by atoms with Crippen molar-refractivity contribution in [2.24, 2.45) is 0 Å². The molecule has 0 saturated carbocycles. The van der Waals surface area contributed by atoms with Crippen LogP contribution in [-0.4, -0.2) is 17.3 Å². The highest BCUT2D eigenvalue weighted by Crippen LogP contribution is 2.38. The number of rotatable bonds is 4. The first-order valence-electron chi connectivity index (χ1n) is 7.62. The van der Waals surface area contributed by atoms with Gasteiger partial charge < -0.3 is 9.84 Å². The van der Waals surface area contributed by atoms with Crippen molar-refractivity contribution >= 4 is 0 Å². The predicted molar refractivity (Wildman–Crippen MR) is 84.7 cm³/mol. The number of benzene rings is 2. The fourth-order valence-corrected chi connectivity index (χ4v) is 3.27. The zero-order chi connectivity index (χ0) is 14.7. The van der Waals surface area contributed by atoms with Crippen LogP contribution in [0.2, 0.25) is 0 Å². The van der Waals surface area contributed by atoms with E-state index in [4.69, 9.17) is 4.74 Å². The lowest BCUT2D eigenvalue weighted by Crippen LogP contribution is -2.31. The van der Waals surface area contributed by atoms with E-state index in [0.29, 0.717) is 12.3 Å². The van der Waals surface area contributed by atoms with Gasteiger partial charge in [0.1, 0.15) is 5.75 Å². The van der Waals surface area contributed by atoms with Crippen molar-refractivity contribution in [1.29, 1.82) is 0 Å². The fourth-order valence-electron chi connectivity index (χ4n) is 3.27. The molecule has 1 aliphatic heterocycles. The van der Waals surface area contributed by atoms with Gasteiger partial charge in [-0.25, -0.2) is 0 Å². The molecule has 2 unspecified atom stereocenters. The van der Waals surface area contributed by atoms with Gasteiger partial charge in [-0.15, -0.1) is 0 Å². The Balaban J connectivity index is 1.74. The third kappa shape index (κ3) is 3.45. The molecule has 21 heavy (non-hydrogen) atoms. The Kier molecular flexibility index (Phi) is 3.98. The van der Waals surface area contributed by atoms with Crippen LogP contribution in [0.5, 0.6) is 5.75 Å². The SMILES string of the molecule is CC(O)(Cc1ccccc1)CC1CCOc2ccccc21. The average molecular weight is 282 g/mol. The smallest absolute Gasteiger partial charge is 0.122 e. The summed E-state index contributed by atoms with van der Waals surface area (Å²) in [5, 5.41) is 10.8.